The molecule has 0 spiro atoms. The van der Waals surface area contributed by atoms with Crippen LogP contribution in [0, 0.1) is 6.92 Å². The minimum atomic E-state index is 0.325. The first-order valence-electron chi connectivity index (χ1n) is 7.19. The second-order valence-electron chi connectivity index (χ2n) is 5.74. The van der Waals surface area contributed by atoms with Crippen LogP contribution in [-0.2, 0) is 0 Å². The summed E-state index contributed by atoms with van der Waals surface area (Å²) in [5, 5.41) is 3.75. The molecule has 0 bridgehead atoms. The predicted molar refractivity (Wildman–Crippen MR) is 79.8 cm³/mol. The van der Waals surface area contributed by atoms with E-state index in [-0.39, 0.29) is 0 Å². The van der Waals surface area contributed by atoms with Gasteiger partial charge in [0.2, 0.25) is 0 Å². The minimum absolute atomic E-state index is 0.325. The third-order valence-corrected chi connectivity index (χ3v) is 3.96. The van der Waals surface area contributed by atoms with Crippen molar-refractivity contribution >= 4 is 0 Å². The van der Waals surface area contributed by atoms with Gasteiger partial charge in [0.15, 0.2) is 0 Å². The summed E-state index contributed by atoms with van der Waals surface area (Å²) in [6, 6.07) is 7.30. The molecule has 2 unspecified atom stereocenters. The van der Waals surface area contributed by atoms with Crippen LogP contribution in [0.3, 0.4) is 0 Å². The normalized spacial score (nSPS) is 22.2. The second-order valence-corrected chi connectivity index (χ2v) is 5.74. The van der Waals surface area contributed by atoms with Gasteiger partial charge in [-0.25, -0.2) is 0 Å². The number of benzene rings is 1. The summed E-state index contributed by atoms with van der Waals surface area (Å²) >= 11 is 0. The third-order valence-electron chi connectivity index (χ3n) is 3.96. The fourth-order valence-electron chi connectivity index (χ4n) is 2.94. The summed E-state index contributed by atoms with van der Waals surface area (Å²) in [5.74, 6) is 0.981. The van der Waals surface area contributed by atoms with Crippen LogP contribution in [0.15, 0.2) is 18.2 Å². The number of hydrogen-bond acceptors (Lipinski definition) is 3. The molecule has 2 atom stereocenters. The van der Waals surface area contributed by atoms with Crippen molar-refractivity contribution in [2.75, 3.05) is 27.2 Å². The largest absolute Gasteiger partial charge is 0.496 e. The van der Waals surface area contributed by atoms with Gasteiger partial charge in [-0.1, -0.05) is 17.7 Å². The van der Waals surface area contributed by atoms with E-state index in [1.165, 1.54) is 30.5 Å². The van der Waals surface area contributed by atoms with Crippen molar-refractivity contribution in [1.29, 1.82) is 0 Å². The fraction of sp³-hybridized carbons (Fsp3) is 0.625. The van der Waals surface area contributed by atoms with Crippen molar-refractivity contribution in [2.24, 2.45) is 0 Å². The Morgan fingerprint density at radius 1 is 1.42 bits per heavy atom. The lowest BCUT2D eigenvalue weighted by atomic mass is 10.0. The number of likely N-dealkylation sites (tertiary alicyclic amines) is 1. The molecule has 1 aliphatic heterocycles. The average molecular weight is 262 g/mol. The lowest BCUT2D eigenvalue weighted by Gasteiger charge is -2.32. The minimum Gasteiger partial charge on any atom is -0.496 e. The molecule has 0 aromatic heterocycles. The molecule has 3 heteroatoms. The SMILES string of the molecule is COc1ccc(C)cc1C(C)NC1CCCN(C)C1. The summed E-state index contributed by atoms with van der Waals surface area (Å²) in [7, 11) is 3.95. The van der Waals surface area contributed by atoms with Crippen LogP contribution in [0.4, 0.5) is 0 Å². The number of likely N-dealkylation sites (N-methyl/N-ethyl adjacent to an activating group) is 1. The maximum atomic E-state index is 5.48. The maximum absolute atomic E-state index is 5.48. The Kier molecular flexibility index (Phi) is 4.83. The van der Waals surface area contributed by atoms with Crippen LogP contribution in [0.5, 0.6) is 5.75 Å². The number of rotatable bonds is 4. The molecule has 0 radical (unpaired) electrons. The molecule has 1 aliphatic rings. The molecule has 0 saturated carbocycles. The van der Waals surface area contributed by atoms with E-state index in [0.29, 0.717) is 12.1 Å². The molecule has 0 aliphatic carbocycles. The Balaban J connectivity index is 2.06. The van der Waals surface area contributed by atoms with E-state index in [9.17, 15) is 0 Å². The maximum Gasteiger partial charge on any atom is 0.123 e. The molecular weight excluding hydrogens is 236 g/mol. The molecule has 0 amide bonds. The van der Waals surface area contributed by atoms with Crippen molar-refractivity contribution in [3.05, 3.63) is 29.3 Å². The van der Waals surface area contributed by atoms with Gasteiger partial charge in [-0.05, 0) is 46.3 Å². The number of nitrogens with one attached hydrogen (secondary N) is 1. The number of nitrogens with zero attached hydrogens (tertiary/aromatic N) is 1. The first-order chi connectivity index (χ1) is 9.10. The summed E-state index contributed by atoms with van der Waals surface area (Å²) in [6.45, 7) is 6.72. The summed E-state index contributed by atoms with van der Waals surface area (Å²) in [5.41, 5.74) is 2.54. The van der Waals surface area contributed by atoms with Crippen LogP contribution in [0.2, 0.25) is 0 Å². The first-order valence-corrected chi connectivity index (χ1v) is 7.19. The monoisotopic (exact) mass is 262 g/mol. The van der Waals surface area contributed by atoms with E-state index in [1.54, 1.807) is 7.11 Å². The zero-order valence-electron chi connectivity index (χ0n) is 12.6. The third kappa shape index (κ3) is 3.71. The van der Waals surface area contributed by atoms with Crippen molar-refractivity contribution in [3.63, 3.8) is 0 Å². The Morgan fingerprint density at radius 2 is 2.21 bits per heavy atom. The molecule has 1 N–H and O–H groups in total. The molecule has 1 saturated heterocycles. The lowest BCUT2D eigenvalue weighted by Crippen LogP contribution is -2.44. The van der Waals surface area contributed by atoms with Crippen molar-refractivity contribution < 1.29 is 4.74 Å². The Labute approximate surface area is 116 Å². The summed E-state index contributed by atoms with van der Waals surface area (Å²) in [6.07, 6.45) is 2.55. The topological polar surface area (TPSA) is 24.5 Å². The summed E-state index contributed by atoms with van der Waals surface area (Å²) in [4.78, 5) is 2.40. The molecule has 3 nitrogen and oxygen atoms in total. The van der Waals surface area contributed by atoms with Gasteiger partial charge < -0.3 is 15.0 Å². The highest BCUT2D eigenvalue weighted by molar-refractivity contribution is 5.38. The van der Waals surface area contributed by atoms with Crippen LogP contribution in [0.1, 0.15) is 36.9 Å². The van der Waals surface area contributed by atoms with Crippen LogP contribution < -0.4 is 10.1 Å². The van der Waals surface area contributed by atoms with Crippen LogP contribution in [0.25, 0.3) is 0 Å². The first kappa shape index (κ1) is 14.4. The number of ether oxygens (including phenoxy) is 1. The average Bonchev–Trinajstić information content (AvgIpc) is 2.38. The zero-order chi connectivity index (χ0) is 13.8. The van der Waals surface area contributed by atoms with Crippen molar-refractivity contribution in [1.82, 2.24) is 10.2 Å². The number of hydrogen-bond donors (Lipinski definition) is 1. The van der Waals surface area contributed by atoms with Crippen LogP contribution in [-0.4, -0.2) is 38.2 Å². The number of methoxy groups -OCH3 is 1. The summed E-state index contributed by atoms with van der Waals surface area (Å²) < 4.78 is 5.48. The van der Waals surface area contributed by atoms with Crippen LogP contribution >= 0.6 is 0 Å². The van der Waals surface area contributed by atoms with Gasteiger partial charge in [-0.15, -0.1) is 0 Å². The van der Waals surface area contributed by atoms with Gasteiger partial charge in [-0.3, -0.25) is 0 Å². The standard InChI is InChI=1S/C16H26N2O/c1-12-7-8-16(19-4)15(10-12)13(2)17-14-6-5-9-18(3)11-14/h7-8,10,13-14,17H,5-6,9,11H2,1-4H3. The smallest absolute Gasteiger partial charge is 0.123 e. The molecule has 1 aromatic rings. The zero-order valence-corrected chi connectivity index (χ0v) is 12.6. The predicted octanol–water partition coefficient (Wildman–Crippen LogP) is 2.75. The van der Waals surface area contributed by atoms with Gasteiger partial charge in [0.05, 0.1) is 7.11 Å². The van der Waals surface area contributed by atoms with E-state index >= 15 is 0 Å². The van der Waals surface area contributed by atoms with Gasteiger partial charge in [0.25, 0.3) is 0 Å². The van der Waals surface area contributed by atoms with E-state index in [0.717, 1.165) is 12.3 Å². The van der Waals surface area contributed by atoms with E-state index in [1.807, 2.05) is 0 Å². The van der Waals surface area contributed by atoms with Crippen molar-refractivity contribution in [2.45, 2.75) is 38.8 Å². The second kappa shape index (κ2) is 6.40. The Hall–Kier alpha value is -1.06. The molecule has 1 heterocycles. The van der Waals surface area contributed by atoms with Crippen molar-refractivity contribution in [3.8, 4) is 5.75 Å². The van der Waals surface area contributed by atoms with Gasteiger partial charge in [0, 0.05) is 24.2 Å². The molecule has 1 aromatic carbocycles. The lowest BCUT2D eigenvalue weighted by molar-refractivity contribution is 0.218. The molecule has 2 rings (SSSR count). The Morgan fingerprint density at radius 3 is 2.89 bits per heavy atom. The molecule has 106 valence electrons. The van der Waals surface area contributed by atoms with E-state index < -0.39 is 0 Å². The molecular formula is C16H26N2O. The number of piperidine rings is 1. The highest BCUT2D eigenvalue weighted by atomic mass is 16.5. The number of aryl methyl sites for hydroxylation is 1. The van der Waals surface area contributed by atoms with Gasteiger partial charge >= 0.3 is 0 Å². The van der Waals surface area contributed by atoms with Gasteiger partial charge in [0.1, 0.15) is 5.75 Å². The van der Waals surface area contributed by atoms with E-state index in [2.05, 4.69) is 49.3 Å². The fourth-order valence-corrected chi connectivity index (χ4v) is 2.94. The highest BCUT2D eigenvalue weighted by Crippen LogP contribution is 2.27. The molecule has 1 fully saturated rings. The highest BCUT2D eigenvalue weighted by Gasteiger charge is 2.20. The quantitative estimate of drug-likeness (QED) is 0.903. The molecule has 19 heavy (non-hydrogen) atoms. The van der Waals surface area contributed by atoms with Gasteiger partial charge in [-0.2, -0.15) is 0 Å². The van der Waals surface area contributed by atoms with E-state index in [4.69, 9.17) is 4.74 Å². The Bertz CT molecular complexity index is 419.